The lowest BCUT2D eigenvalue weighted by molar-refractivity contribution is 0.0530. The van der Waals surface area contributed by atoms with Gasteiger partial charge in [-0.25, -0.2) is 4.79 Å². The Bertz CT molecular complexity index is 371. The van der Waals surface area contributed by atoms with Gasteiger partial charge in [-0.05, 0) is 46.3 Å². The number of rotatable bonds is 4. The molecular weight excluding hydrogens is 288 g/mol. The lowest BCUT2D eigenvalue weighted by atomic mass is 9.91. The van der Waals surface area contributed by atoms with Gasteiger partial charge in [-0.1, -0.05) is 20.8 Å². The summed E-state index contributed by atoms with van der Waals surface area (Å²) in [7, 11) is 0. The second-order valence-electron chi connectivity index (χ2n) is 4.09. The van der Waals surface area contributed by atoms with Crippen molar-refractivity contribution in [3.8, 4) is 0 Å². The average Bonchev–Trinajstić information content (AvgIpc) is 2.59. The Morgan fingerprint density at radius 3 is 2.62 bits per heavy atom. The van der Waals surface area contributed by atoms with Crippen molar-refractivity contribution in [1.29, 1.82) is 0 Å². The van der Waals surface area contributed by atoms with Crippen LogP contribution >= 0.6 is 27.3 Å². The van der Waals surface area contributed by atoms with Crippen LogP contribution < -0.4 is 0 Å². The van der Waals surface area contributed by atoms with E-state index in [9.17, 15) is 4.79 Å². The second-order valence-corrected chi connectivity index (χ2v) is 6.52. The summed E-state index contributed by atoms with van der Waals surface area (Å²) in [6, 6.07) is 2.03. The van der Waals surface area contributed by atoms with Gasteiger partial charge in [-0.15, -0.1) is 11.3 Å². The van der Waals surface area contributed by atoms with Crippen LogP contribution in [0.25, 0.3) is 0 Å². The minimum Gasteiger partial charge on any atom is -0.462 e. The fourth-order valence-electron chi connectivity index (χ4n) is 1.43. The highest BCUT2D eigenvalue weighted by Crippen LogP contribution is 2.35. The van der Waals surface area contributed by atoms with Gasteiger partial charge in [0.2, 0.25) is 0 Å². The van der Waals surface area contributed by atoms with Crippen LogP contribution in [0.4, 0.5) is 0 Å². The summed E-state index contributed by atoms with van der Waals surface area (Å²) in [5.41, 5.74) is 1.09. The number of ether oxygens (including phenoxy) is 1. The zero-order chi connectivity index (χ0) is 12.3. The fourth-order valence-corrected chi connectivity index (χ4v) is 3.05. The van der Waals surface area contributed by atoms with Gasteiger partial charge in [0.05, 0.1) is 10.4 Å². The molecule has 0 aliphatic carbocycles. The Labute approximate surface area is 109 Å². The van der Waals surface area contributed by atoms with Gasteiger partial charge in [0.15, 0.2) is 0 Å². The molecule has 0 fully saturated rings. The van der Waals surface area contributed by atoms with Gasteiger partial charge >= 0.3 is 5.97 Å². The first-order valence-corrected chi connectivity index (χ1v) is 7.04. The van der Waals surface area contributed by atoms with E-state index >= 15 is 0 Å². The molecule has 1 heterocycles. The van der Waals surface area contributed by atoms with Crippen LogP contribution in [0.2, 0.25) is 0 Å². The first-order valence-electron chi connectivity index (χ1n) is 5.43. The summed E-state index contributed by atoms with van der Waals surface area (Å²) in [4.78, 5) is 12.5. The molecule has 0 bridgehead atoms. The predicted octanol–water partition coefficient (Wildman–Crippen LogP) is 4.45. The van der Waals surface area contributed by atoms with Crippen molar-refractivity contribution in [2.45, 2.75) is 33.6 Å². The predicted molar refractivity (Wildman–Crippen MR) is 71.2 cm³/mol. The van der Waals surface area contributed by atoms with Crippen LogP contribution in [0.1, 0.15) is 48.8 Å². The number of carbonyl (C=O) groups is 1. The molecule has 90 valence electrons. The third-order valence-corrected chi connectivity index (χ3v) is 4.32. The largest absolute Gasteiger partial charge is 0.462 e. The maximum absolute atomic E-state index is 11.8. The molecule has 0 amide bonds. The number of esters is 1. The van der Waals surface area contributed by atoms with E-state index in [1.807, 2.05) is 13.0 Å². The molecular formula is C12H17BrO2S. The normalized spacial score (nSPS) is 12.9. The van der Waals surface area contributed by atoms with Crippen molar-refractivity contribution in [2.24, 2.45) is 5.92 Å². The van der Waals surface area contributed by atoms with Crippen molar-refractivity contribution in [1.82, 2.24) is 0 Å². The quantitative estimate of drug-likeness (QED) is 0.768. The molecule has 2 nitrogen and oxygen atoms in total. The number of thiophene rings is 1. The van der Waals surface area contributed by atoms with Crippen LogP contribution in [0.5, 0.6) is 0 Å². The summed E-state index contributed by atoms with van der Waals surface area (Å²) in [6.07, 6.45) is 0. The topological polar surface area (TPSA) is 26.3 Å². The Kier molecular flexibility index (Phi) is 4.99. The van der Waals surface area contributed by atoms with Crippen molar-refractivity contribution in [3.63, 3.8) is 0 Å². The number of halogens is 1. The highest BCUT2D eigenvalue weighted by molar-refractivity contribution is 9.11. The van der Waals surface area contributed by atoms with Gasteiger partial charge in [-0.2, -0.15) is 0 Å². The zero-order valence-electron chi connectivity index (χ0n) is 10.0. The minimum atomic E-state index is -0.208. The molecule has 4 heteroatoms. The van der Waals surface area contributed by atoms with E-state index in [4.69, 9.17) is 4.74 Å². The molecule has 1 atom stereocenters. The molecule has 0 N–H and O–H groups in total. The van der Waals surface area contributed by atoms with Crippen molar-refractivity contribution < 1.29 is 9.53 Å². The molecule has 0 saturated heterocycles. The minimum absolute atomic E-state index is 0.208. The van der Waals surface area contributed by atoms with E-state index in [1.165, 1.54) is 11.3 Å². The van der Waals surface area contributed by atoms with Gasteiger partial charge in [0.1, 0.15) is 4.88 Å². The van der Waals surface area contributed by atoms with E-state index in [-0.39, 0.29) is 5.97 Å². The summed E-state index contributed by atoms with van der Waals surface area (Å²) >= 11 is 4.88. The van der Waals surface area contributed by atoms with Crippen LogP contribution in [0.3, 0.4) is 0 Å². The number of hydrogen-bond donors (Lipinski definition) is 0. The Morgan fingerprint density at radius 1 is 1.50 bits per heavy atom. The first-order chi connectivity index (χ1) is 7.47. The second kappa shape index (κ2) is 5.82. The van der Waals surface area contributed by atoms with Gasteiger partial charge < -0.3 is 4.74 Å². The third kappa shape index (κ3) is 3.08. The highest BCUT2D eigenvalue weighted by atomic mass is 79.9. The molecule has 16 heavy (non-hydrogen) atoms. The molecule has 0 aliphatic heterocycles. The van der Waals surface area contributed by atoms with Crippen LogP contribution in [0.15, 0.2) is 9.85 Å². The summed E-state index contributed by atoms with van der Waals surface area (Å²) < 4.78 is 6.05. The Hall–Kier alpha value is -0.350. The van der Waals surface area contributed by atoms with Crippen LogP contribution in [0, 0.1) is 5.92 Å². The molecule has 1 unspecified atom stereocenters. The molecule has 0 saturated carbocycles. The summed E-state index contributed by atoms with van der Waals surface area (Å²) in [6.45, 7) is 8.70. The van der Waals surface area contributed by atoms with Gasteiger partial charge in [0, 0.05) is 0 Å². The smallest absolute Gasteiger partial charge is 0.348 e. The average molecular weight is 305 g/mol. The standard InChI is InChI=1S/C12H17BrO2S/c1-5-15-12(14)11-9(6-10(13)16-11)8(4)7(2)3/h6-8H,5H2,1-4H3. The summed E-state index contributed by atoms with van der Waals surface area (Å²) in [5.74, 6) is 0.664. The number of carbonyl (C=O) groups excluding carboxylic acids is 1. The monoisotopic (exact) mass is 304 g/mol. The molecule has 1 aromatic heterocycles. The lowest BCUT2D eigenvalue weighted by Crippen LogP contribution is -2.09. The van der Waals surface area contributed by atoms with Crippen LogP contribution in [-0.2, 0) is 4.74 Å². The molecule has 0 spiro atoms. The van der Waals surface area contributed by atoms with E-state index in [0.717, 1.165) is 14.2 Å². The van der Waals surface area contributed by atoms with E-state index in [1.54, 1.807) is 0 Å². The highest BCUT2D eigenvalue weighted by Gasteiger charge is 2.22. The Balaban J connectivity index is 3.04. The fraction of sp³-hybridized carbons (Fsp3) is 0.583. The zero-order valence-corrected chi connectivity index (χ0v) is 12.4. The van der Waals surface area contributed by atoms with Gasteiger partial charge in [-0.3, -0.25) is 0 Å². The number of hydrogen-bond acceptors (Lipinski definition) is 3. The molecule has 0 aromatic carbocycles. The Morgan fingerprint density at radius 2 is 2.12 bits per heavy atom. The molecule has 1 aromatic rings. The lowest BCUT2D eigenvalue weighted by Gasteiger charge is -2.15. The maximum atomic E-state index is 11.8. The van der Waals surface area contributed by atoms with E-state index < -0.39 is 0 Å². The van der Waals surface area contributed by atoms with E-state index in [2.05, 4.69) is 36.7 Å². The first kappa shape index (κ1) is 13.7. The van der Waals surface area contributed by atoms with Crippen molar-refractivity contribution in [3.05, 3.63) is 20.3 Å². The van der Waals surface area contributed by atoms with Gasteiger partial charge in [0.25, 0.3) is 0 Å². The van der Waals surface area contributed by atoms with Crippen molar-refractivity contribution >= 4 is 33.2 Å². The maximum Gasteiger partial charge on any atom is 0.348 e. The van der Waals surface area contributed by atoms with E-state index in [0.29, 0.717) is 18.4 Å². The SMILES string of the molecule is CCOC(=O)c1sc(Br)cc1C(C)C(C)C. The molecule has 0 aliphatic rings. The van der Waals surface area contributed by atoms with Crippen molar-refractivity contribution in [2.75, 3.05) is 6.61 Å². The molecule has 0 radical (unpaired) electrons. The third-order valence-electron chi connectivity index (χ3n) is 2.68. The summed E-state index contributed by atoms with van der Waals surface area (Å²) in [5, 5.41) is 0. The molecule has 1 rings (SSSR count). The van der Waals surface area contributed by atoms with Crippen LogP contribution in [-0.4, -0.2) is 12.6 Å².